The number of hydrogen-bond donors (Lipinski definition) is 4. The zero-order valence-electron chi connectivity index (χ0n) is 41.7. The van der Waals surface area contributed by atoms with Crippen LogP contribution in [-0.2, 0) is 16.6 Å². The van der Waals surface area contributed by atoms with Crippen molar-refractivity contribution in [2.75, 3.05) is 49.5 Å². The van der Waals surface area contributed by atoms with E-state index in [2.05, 4.69) is 72.8 Å². The Hall–Kier alpha value is -6.40. The van der Waals surface area contributed by atoms with Gasteiger partial charge in [0.1, 0.15) is 28.7 Å². The van der Waals surface area contributed by atoms with E-state index in [4.69, 9.17) is 4.74 Å². The third-order valence-corrected chi connectivity index (χ3v) is 17.4. The normalized spacial score (nSPS) is 21.8. The molecule has 4 aliphatic rings. The number of piperazine rings is 1. The molecule has 2 saturated heterocycles. The zero-order valence-corrected chi connectivity index (χ0v) is 42.5. The van der Waals surface area contributed by atoms with Crippen molar-refractivity contribution in [1.82, 2.24) is 24.5 Å². The number of rotatable bonds is 15. The molecule has 2 aliphatic carbocycles. The summed E-state index contributed by atoms with van der Waals surface area (Å²) >= 11 is 0. The Kier molecular flexibility index (Phi) is 14.1. The number of benzene rings is 4. The predicted molar refractivity (Wildman–Crippen MR) is 280 cm³/mol. The summed E-state index contributed by atoms with van der Waals surface area (Å²) in [5.74, 6) is -0.114. The van der Waals surface area contributed by atoms with E-state index in [0.717, 1.165) is 100 Å². The number of nitro groups is 1. The number of sulfonamides is 1. The first-order valence-corrected chi connectivity index (χ1v) is 27.1. The standard InChI is InChI=1S/C56H65FN8O7S/c1-37(2)46-6-4-5-7-47(46)51-36-62(35-39-8-10-41(57)11-9-39)26-27-64(51)43-31-56(32-43)21-24-63(25-22-56)42-12-14-48(52(29-42)72-44-28-40-18-23-58-53(40)60-34-44)54(66)61-73(70,71)45-13-15-49(50(30-45)65(68)69)59-33-38-16-19-55(3,67)20-17-38/h4-15,18,23,28-30,34,37-38,43,51,59,67H,16-17,19-22,24-27,31-33,35-36H2,1-3H3,(H,58,60)(H,61,66)/t38-,51?,55-. The quantitative estimate of drug-likeness (QED) is 0.0564. The number of nitrogens with zero attached hydrogens (tertiary/aromatic N) is 5. The van der Waals surface area contributed by atoms with Crippen LogP contribution in [0.15, 0.2) is 114 Å². The van der Waals surface area contributed by atoms with E-state index in [1.165, 1.54) is 29.5 Å². The molecule has 2 saturated carbocycles. The predicted octanol–water partition coefficient (Wildman–Crippen LogP) is 10.3. The number of carbonyl (C=O) groups is 1. The van der Waals surface area contributed by atoms with E-state index in [0.29, 0.717) is 42.7 Å². The van der Waals surface area contributed by atoms with Gasteiger partial charge in [0.05, 0.1) is 27.2 Å². The van der Waals surface area contributed by atoms with Crippen LogP contribution in [0.4, 0.5) is 21.5 Å². The average Bonchev–Trinajstić information content (AvgIpc) is 3.84. The molecule has 4 fully saturated rings. The highest BCUT2D eigenvalue weighted by atomic mass is 32.2. The van der Waals surface area contributed by atoms with Crippen molar-refractivity contribution in [1.29, 1.82) is 0 Å². The SMILES string of the molecule is CC(C)c1ccccc1C1CN(Cc2ccc(F)cc2)CCN1C1CC2(CCN(c3ccc(C(=O)NS(=O)(=O)c4ccc(NC[C@H]5CC[C@](C)(O)CC5)c([N+](=O)[O-])c4)c(Oc4cnc5[nH]ccc5c4)c3)CC2)C1. The topological polar surface area (TPSA) is 186 Å². The summed E-state index contributed by atoms with van der Waals surface area (Å²) in [7, 11) is -4.59. The molecule has 4 aromatic carbocycles. The van der Waals surface area contributed by atoms with Crippen molar-refractivity contribution < 1.29 is 32.4 Å². The molecule has 10 rings (SSSR count). The second-order valence-corrected chi connectivity index (χ2v) is 23.2. The Bertz CT molecular complexity index is 3080. The molecular weight excluding hydrogens is 948 g/mol. The van der Waals surface area contributed by atoms with E-state index >= 15 is 0 Å². The smallest absolute Gasteiger partial charge is 0.293 e. The van der Waals surface area contributed by atoms with Crippen molar-refractivity contribution in [3.8, 4) is 11.5 Å². The maximum Gasteiger partial charge on any atom is 0.293 e. The Balaban J connectivity index is 0.832. The van der Waals surface area contributed by atoms with Crippen LogP contribution >= 0.6 is 0 Å². The Labute approximate surface area is 426 Å². The number of fused-ring (bicyclic) bond motifs is 1. The van der Waals surface area contributed by atoms with E-state index in [1.54, 1.807) is 36.5 Å². The number of hydrogen-bond acceptors (Lipinski definition) is 12. The summed E-state index contributed by atoms with van der Waals surface area (Å²) in [6.07, 6.45) is 10.3. The number of halogens is 1. The van der Waals surface area contributed by atoms with E-state index in [-0.39, 0.29) is 40.2 Å². The van der Waals surface area contributed by atoms with Gasteiger partial charge < -0.3 is 25.0 Å². The molecule has 2 aliphatic heterocycles. The molecule has 384 valence electrons. The summed E-state index contributed by atoms with van der Waals surface area (Å²) in [4.78, 5) is 40.3. The molecule has 1 atom stereocenters. The van der Waals surface area contributed by atoms with Crippen LogP contribution in [0.3, 0.4) is 0 Å². The van der Waals surface area contributed by atoms with Crippen LogP contribution in [0.1, 0.15) is 111 Å². The third-order valence-electron chi connectivity index (χ3n) is 16.1. The van der Waals surface area contributed by atoms with E-state index in [9.17, 15) is 32.8 Å². The lowest BCUT2D eigenvalue weighted by Crippen LogP contribution is -2.60. The highest BCUT2D eigenvalue weighted by Gasteiger charge is 2.50. The number of pyridine rings is 1. The minimum Gasteiger partial charge on any atom is -0.455 e. The highest BCUT2D eigenvalue weighted by Crippen LogP contribution is 2.53. The van der Waals surface area contributed by atoms with Gasteiger partial charge in [-0.1, -0.05) is 50.2 Å². The number of piperidine rings is 1. The molecule has 4 heterocycles. The molecule has 2 aromatic heterocycles. The lowest BCUT2D eigenvalue weighted by molar-refractivity contribution is -0.384. The number of aliphatic hydroxyl groups is 1. The lowest BCUT2D eigenvalue weighted by atomic mass is 9.59. The fourth-order valence-corrected chi connectivity index (χ4v) is 12.8. The van der Waals surface area contributed by atoms with Crippen molar-refractivity contribution in [3.63, 3.8) is 0 Å². The first kappa shape index (κ1) is 50.1. The second kappa shape index (κ2) is 20.5. The van der Waals surface area contributed by atoms with Crippen LogP contribution in [0.5, 0.6) is 11.5 Å². The number of nitrogens with one attached hydrogen (secondary N) is 3. The summed E-state index contributed by atoms with van der Waals surface area (Å²) < 4.78 is 50.0. The zero-order chi connectivity index (χ0) is 51.1. The number of aromatic amines is 1. The van der Waals surface area contributed by atoms with E-state index in [1.807, 2.05) is 31.2 Å². The van der Waals surface area contributed by atoms with Gasteiger partial charge in [0.15, 0.2) is 0 Å². The van der Waals surface area contributed by atoms with Crippen molar-refractivity contribution in [3.05, 3.63) is 148 Å². The van der Waals surface area contributed by atoms with Crippen LogP contribution in [0.2, 0.25) is 0 Å². The molecular formula is C56H65FN8O7S. The average molecular weight is 1010 g/mol. The van der Waals surface area contributed by atoms with Gasteiger partial charge in [-0.15, -0.1) is 0 Å². The van der Waals surface area contributed by atoms with Crippen molar-refractivity contribution >= 4 is 44.0 Å². The van der Waals surface area contributed by atoms with Crippen LogP contribution in [-0.4, -0.2) is 95.0 Å². The highest BCUT2D eigenvalue weighted by molar-refractivity contribution is 7.90. The van der Waals surface area contributed by atoms with Crippen LogP contribution in [0, 0.1) is 27.3 Å². The summed E-state index contributed by atoms with van der Waals surface area (Å²) in [5.41, 5.74) is 4.56. The summed E-state index contributed by atoms with van der Waals surface area (Å²) in [5, 5.41) is 26.5. The van der Waals surface area contributed by atoms with Gasteiger partial charge >= 0.3 is 0 Å². The number of aromatic nitrogens is 2. The number of H-pyrrole nitrogens is 1. The minimum atomic E-state index is -4.59. The Morgan fingerprint density at radius 3 is 2.45 bits per heavy atom. The summed E-state index contributed by atoms with van der Waals surface area (Å²) in [6, 6.07) is 28.8. The van der Waals surface area contributed by atoms with Gasteiger partial charge in [-0.3, -0.25) is 24.7 Å². The van der Waals surface area contributed by atoms with Crippen molar-refractivity contribution in [2.24, 2.45) is 11.3 Å². The van der Waals surface area contributed by atoms with Gasteiger partial charge in [-0.05, 0) is 141 Å². The molecule has 73 heavy (non-hydrogen) atoms. The Morgan fingerprint density at radius 1 is 0.959 bits per heavy atom. The molecule has 15 nitrogen and oxygen atoms in total. The number of nitro benzene ring substituents is 1. The van der Waals surface area contributed by atoms with Gasteiger partial charge in [-0.2, -0.15) is 0 Å². The van der Waals surface area contributed by atoms with Crippen molar-refractivity contribution in [2.45, 2.75) is 107 Å². The molecule has 0 radical (unpaired) electrons. The number of anilines is 2. The first-order valence-electron chi connectivity index (χ1n) is 25.6. The van der Waals surface area contributed by atoms with Gasteiger partial charge in [0.2, 0.25) is 0 Å². The molecule has 1 unspecified atom stereocenters. The van der Waals surface area contributed by atoms with E-state index < -0.39 is 37.0 Å². The molecule has 1 amide bonds. The molecule has 6 aromatic rings. The second-order valence-electron chi connectivity index (χ2n) is 21.5. The maximum absolute atomic E-state index is 14.1. The fourth-order valence-electron chi connectivity index (χ4n) is 11.8. The third kappa shape index (κ3) is 11.1. The van der Waals surface area contributed by atoms with Gasteiger partial charge in [0.25, 0.3) is 21.6 Å². The molecule has 0 bridgehead atoms. The molecule has 17 heteroatoms. The Morgan fingerprint density at radius 2 is 1.71 bits per heavy atom. The maximum atomic E-state index is 14.1. The van der Waals surface area contributed by atoms with Gasteiger partial charge in [0, 0.05) is 87.3 Å². The first-order chi connectivity index (χ1) is 35.0. The number of amides is 1. The van der Waals surface area contributed by atoms with Crippen LogP contribution < -0.4 is 19.7 Å². The van der Waals surface area contributed by atoms with Crippen LogP contribution in [0.25, 0.3) is 11.0 Å². The lowest BCUT2D eigenvalue weighted by Gasteiger charge is -2.58. The monoisotopic (exact) mass is 1010 g/mol. The number of ether oxygens (including phenoxy) is 1. The molecule has 1 spiro atoms. The fraction of sp³-hybridized carbons (Fsp3) is 0.429. The summed E-state index contributed by atoms with van der Waals surface area (Å²) in [6.45, 7) is 11.9. The molecule has 4 N–H and O–H groups in total. The minimum absolute atomic E-state index is 0.0394. The largest absolute Gasteiger partial charge is 0.455 e. The number of carbonyl (C=O) groups excluding carboxylic acids is 1. The van der Waals surface area contributed by atoms with Gasteiger partial charge in [-0.25, -0.2) is 22.5 Å².